The molecule has 168 valence electrons. The van der Waals surface area contributed by atoms with Gasteiger partial charge in [-0.25, -0.2) is 0 Å². The molecule has 2 aromatic heterocycles. The number of nitrogens with zero attached hydrogens (tertiary/aromatic N) is 2. The van der Waals surface area contributed by atoms with E-state index in [1.807, 2.05) is 6.92 Å². The van der Waals surface area contributed by atoms with Crippen LogP contribution >= 0.6 is 11.8 Å². The standard InChI is InChI=1S/C22H20F3N3O3S/c1-6-13-8-14-9-15(7-12(2)18(14)26-11-13)30-20(32-5)19(29)27-21(3,4)16-10-17(31-28-16)22(23,24)25/h1,7-11,20H,2-5H3,(H,27,29). The molecule has 2 heterocycles. The van der Waals surface area contributed by atoms with Gasteiger partial charge in [0.2, 0.25) is 11.2 Å². The lowest BCUT2D eigenvalue weighted by molar-refractivity contribution is -0.155. The maximum absolute atomic E-state index is 12.8. The Bertz CT molecular complexity index is 1200. The second-order valence-electron chi connectivity index (χ2n) is 7.55. The molecule has 3 aromatic rings. The summed E-state index contributed by atoms with van der Waals surface area (Å²) in [6.45, 7) is 4.90. The highest BCUT2D eigenvalue weighted by molar-refractivity contribution is 7.99. The van der Waals surface area contributed by atoms with E-state index < -0.39 is 28.8 Å². The molecule has 1 amide bonds. The minimum absolute atomic E-state index is 0.0625. The van der Waals surface area contributed by atoms with E-state index in [0.29, 0.717) is 11.3 Å². The third-order valence-electron chi connectivity index (χ3n) is 4.65. The fourth-order valence-corrected chi connectivity index (χ4v) is 3.49. The van der Waals surface area contributed by atoms with E-state index in [2.05, 4.69) is 25.9 Å². The number of rotatable bonds is 6. The Kier molecular flexibility index (Phi) is 6.41. The lowest BCUT2D eigenvalue weighted by Crippen LogP contribution is -2.46. The van der Waals surface area contributed by atoms with Crippen LogP contribution in [0.4, 0.5) is 13.2 Å². The molecule has 1 unspecified atom stereocenters. The maximum atomic E-state index is 12.8. The van der Waals surface area contributed by atoms with Gasteiger partial charge in [0.1, 0.15) is 11.4 Å². The van der Waals surface area contributed by atoms with Crippen LogP contribution in [0.2, 0.25) is 0 Å². The Hall–Kier alpha value is -3.19. The first kappa shape index (κ1) is 23.5. The SMILES string of the molecule is C#Cc1cnc2c(C)cc(OC(SC)C(=O)NC(C)(C)c3cc(C(F)(F)F)on3)cc2c1. The summed E-state index contributed by atoms with van der Waals surface area (Å²) >= 11 is 1.13. The highest BCUT2D eigenvalue weighted by Gasteiger charge is 2.39. The number of hydrogen-bond donors (Lipinski definition) is 1. The molecule has 0 saturated heterocycles. The van der Waals surface area contributed by atoms with Crippen LogP contribution in [-0.4, -0.2) is 27.7 Å². The van der Waals surface area contributed by atoms with E-state index >= 15 is 0 Å². The molecule has 1 atom stereocenters. The first-order valence-electron chi connectivity index (χ1n) is 9.37. The average Bonchev–Trinajstić information content (AvgIpc) is 3.23. The van der Waals surface area contributed by atoms with E-state index in [1.54, 1.807) is 30.7 Å². The van der Waals surface area contributed by atoms with Gasteiger partial charge in [0.15, 0.2) is 0 Å². The van der Waals surface area contributed by atoms with E-state index in [-0.39, 0.29) is 5.69 Å². The van der Waals surface area contributed by atoms with Crippen LogP contribution in [0.25, 0.3) is 10.9 Å². The number of fused-ring (bicyclic) bond motifs is 1. The number of halogens is 3. The molecule has 0 bridgehead atoms. The molecular formula is C22H20F3N3O3S. The van der Waals surface area contributed by atoms with Crippen molar-refractivity contribution >= 4 is 28.6 Å². The lowest BCUT2D eigenvalue weighted by Gasteiger charge is -2.26. The van der Waals surface area contributed by atoms with Crippen LogP contribution in [0.3, 0.4) is 0 Å². The molecular weight excluding hydrogens is 443 g/mol. The summed E-state index contributed by atoms with van der Waals surface area (Å²) in [4.78, 5) is 17.2. The molecule has 0 aliphatic heterocycles. The molecule has 0 radical (unpaired) electrons. The number of pyridine rings is 1. The largest absolute Gasteiger partial charge is 0.470 e. The van der Waals surface area contributed by atoms with Gasteiger partial charge in [-0.1, -0.05) is 11.1 Å². The molecule has 10 heteroatoms. The predicted octanol–water partition coefficient (Wildman–Crippen LogP) is 4.65. The summed E-state index contributed by atoms with van der Waals surface area (Å²) < 4.78 is 48.7. The number of alkyl halides is 3. The van der Waals surface area contributed by atoms with Crippen molar-refractivity contribution in [3.63, 3.8) is 0 Å². The molecule has 1 N–H and O–H groups in total. The van der Waals surface area contributed by atoms with Crippen molar-refractivity contribution in [2.45, 2.75) is 37.9 Å². The number of nitrogens with one attached hydrogen (secondary N) is 1. The molecule has 0 spiro atoms. The Morgan fingerprint density at radius 2 is 2.00 bits per heavy atom. The van der Waals surface area contributed by atoms with Crippen molar-refractivity contribution in [3.05, 3.63) is 53.0 Å². The molecule has 32 heavy (non-hydrogen) atoms. The average molecular weight is 463 g/mol. The number of ether oxygens (including phenoxy) is 1. The summed E-state index contributed by atoms with van der Waals surface area (Å²) in [5.41, 5.74) is -0.0537. The summed E-state index contributed by atoms with van der Waals surface area (Å²) in [5, 5.41) is 6.89. The molecule has 0 fully saturated rings. The first-order valence-corrected chi connectivity index (χ1v) is 10.7. The molecule has 0 aliphatic carbocycles. The monoisotopic (exact) mass is 463 g/mol. The quantitative estimate of drug-likeness (QED) is 0.424. The molecule has 0 saturated carbocycles. The van der Waals surface area contributed by atoms with Crippen molar-refractivity contribution in [2.75, 3.05) is 6.26 Å². The smallest absolute Gasteiger partial charge is 0.452 e. The lowest BCUT2D eigenvalue weighted by atomic mass is 10.0. The zero-order valence-electron chi connectivity index (χ0n) is 17.7. The number of aromatic nitrogens is 2. The van der Waals surface area contributed by atoms with Crippen LogP contribution in [0.15, 0.2) is 35.0 Å². The third kappa shape index (κ3) is 4.99. The van der Waals surface area contributed by atoms with E-state index in [9.17, 15) is 18.0 Å². The fraction of sp³-hybridized carbons (Fsp3) is 0.318. The van der Waals surface area contributed by atoms with Crippen LogP contribution in [0.5, 0.6) is 5.75 Å². The maximum Gasteiger partial charge on any atom is 0.452 e. The number of carbonyl (C=O) groups is 1. The first-order chi connectivity index (χ1) is 14.9. The van der Waals surface area contributed by atoms with Crippen molar-refractivity contribution in [3.8, 4) is 18.1 Å². The van der Waals surface area contributed by atoms with Crippen molar-refractivity contribution in [2.24, 2.45) is 0 Å². The van der Waals surface area contributed by atoms with Crippen LogP contribution in [0.1, 0.15) is 36.4 Å². The number of thioether (sulfide) groups is 1. The Morgan fingerprint density at radius 1 is 1.28 bits per heavy atom. The number of aryl methyl sites for hydroxylation is 1. The summed E-state index contributed by atoms with van der Waals surface area (Å²) in [5.74, 6) is 1.18. The van der Waals surface area contributed by atoms with Crippen LogP contribution in [0, 0.1) is 19.3 Å². The fourth-order valence-electron chi connectivity index (χ4n) is 3.01. The second kappa shape index (κ2) is 8.74. The van der Waals surface area contributed by atoms with Crippen molar-refractivity contribution in [1.82, 2.24) is 15.5 Å². The minimum Gasteiger partial charge on any atom is -0.470 e. The number of hydrogen-bond acceptors (Lipinski definition) is 6. The summed E-state index contributed by atoms with van der Waals surface area (Å²) in [6, 6.07) is 6.03. The van der Waals surface area contributed by atoms with Gasteiger partial charge in [0.05, 0.1) is 11.1 Å². The zero-order chi connectivity index (χ0) is 23.7. The topological polar surface area (TPSA) is 77.2 Å². The Labute approximate surface area is 186 Å². The number of amides is 1. The summed E-state index contributed by atoms with van der Waals surface area (Å²) in [7, 11) is 0. The van der Waals surface area contributed by atoms with Crippen molar-refractivity contribution in [1.29, 1.82) is 0 Å². The Balaban J connectivity index is 1.80. The van der Waals surface area contributed by atoms with Gasteiger partial charge in [-0.3, -0.25) is 9.78 Å². The van der Waals surface area contributed by atoms with Gasteiger partial charge in [-0.15, -0.1) is 18.2 Å². The van der Waals surface area contributed by atoms with Gasteiger partial charge in [-0.05, 0) is 50.8 Å². The highest BCUT2D eigenvalue weighted by atomic mass is 32.2. The number of carbonyl (C=O) groups excluding carboxylic acids is 1. The molecule has 3 rings (SSSR count). The molecule has 1 aromatic carbocycles. The highest BCUT2D eigenvalue weighted by Crippen LogP contribution is 2.32. The second-order valence-corrected chi connectivity index (χ2v) is 8.45. The molecule has 6 nitrogen and oxygen atoms in total. The van der Waals surface area contributed by atoms with E-state index in [1.165, 1.54) is 13.8 Å². The van der Waals surface area contributed by atoms with Gasteiger partial charge in [-0.2, -0.15) is 13.2 Å². The van der Waals surface area contributed by atoms with Crippen LogP contribution in [-0.2, 0) is 16.5 Å². The third-order valence-corrected chi connectivity index (χ3v) is 5.39. The number of benzene rings is 1. The van der Waals surface area contributed by atoms with Gasteiger partial charge in [0.25, 0.3) is 5.91 Å². The zero-order valence-corrected chi connectivity index (χ0v) is 18.5. The van der Waals surface area contributed by atoms with E-state index in [0.717, 1.165) is 34.3 Å². The number of terminal acetylenes is 1. The Morgan fingerprint density at radius 3 is 2.59 bits per heavy atom. The molecule has 0 aliphatic rings. The summed E-state index contributed by atoms with van der Waals surface area (Å²) in [6.07, 6.45) is 4.05. The predicted molar refractivity (Wildman–Crippen MR) is 115 cm³/mol. The van der Waals surface area contributed by atoms with Gasteiger partial charge >= 0.3 is 6.18 Å². The van der Waals surface area contributed by atoms with Crippen molar-refractivity contribution < 1.29 is 27.2 Å². The van der Waals surface area contributed by atoms with Gasteiger partial charge in [0, 0.05) is 23.2 Å². The minimum atomic E-state index is -4.67. The van der Waals surface area contributed by atoms with Gasteiger partial charge < -0.3 is 14.6 Å². The van der Waals surface area contributed by atoms with Crippen LogP contribution < -0.4 is 10.1 Å². The normalized spacial score (nSPS) is 12.9. The van der Waals surface area contributed by atoms with E-state index in [4.69, 9.17) is 11.2 Å².